The molecule has 1 aliphatic carbocycles. The standard InChI is InChI=1S/C41H27NO/c1-24-7-4-13-34-37(24)40-33-22-19-27-9-5-8-26-15-16-28(39(33)38(26)27)23-35(40)42(34)29-20-17-25(18-21-29)30-11-6-12-32-31-10-2-3-14-36(31)43-41(30)32/h3-9,11-23H,2,10H2,1H3. The predicted octanol–water partition coefficient (Wildman–Crippen LogP) is 11.4. The molecule has 0 amide bonds. The van der Waals surface area contributed by atoms with Gasteiger partial charge in [-0.3, -0.25) is 0 Å². The number of nitrogens with zero attached hydrogens (tertiary/aromatic N) is 1. The van der Waals surface area contributed by atoms with Crippen LogP contribution < -0.4 is 0 Å². The van der Waals surface area contributed by atoms with Gasteiger partial charge in [0.1, 0.15) is 11.3 Å². The van der Waals surface area contributed by atoms with Gasteiger partial charge in [0, 0.05) is 33.0 Å². The average molecular weight is 550 g/mol. The second-order valence-corrected chi connectivity index (χ2v) is 12.0. The van der Waals surface area contributed by atoms with Crippen molar-refractivity contribution in [3.05, 3.63) is 132 Å². The lowest BCUT2D eigenvalue weighted by molar-refractivity contribution is 0.596. The summed E-state index contributed by atoms with van der Waals surface area (Å²) in [6.07, 6.45) is 6.45. The van der Waals surface area contributed by atoms with E-state index in [0.717, 1.165) is 35.4 Å². The van der Waals surface area contributed by atoms with Crippen LogP contribution in [0.25, 0.3) is 88.0 Å². The molecule has 43 heavy (non-hydrogen) atoms. The van der Waals surface area contributed by atoms with Gasteiger partial charge in [-0.1, -0.05) is 91.0 Å². The summed E-state index contributed by atoms with van der Waals surface area (Å²) in [6.45, 7) is 2.24. The molecule has 0 saturated carbocycles. The van der Waals surface area contributed by atoms with E-state index in [-0.39, 0.29) is 0 Å². The van der Waals surface area contributed by atoms with E-state index in [1.807, 2.05) is 0 Å². The van der Waals surface area contributed by atoms with Gasteiger partial charge >= 0.3 is 0 Å². The summed E-state index contributed by atoms with van der Waals surface area (Å²) in [5.41, 5.74) is 9.59. The molecule has 2 heterocycles. The topological polar surface area (TPSA) is 18.1 Å². The summed E-state index contributed by atoms with van der Waals surface area (Å²) in [4.78, 5) is 0. The van der Waals surface area contributed by atoms with Crippen molar-refractivity contribution in [3.63, 3.8) is 0 Å². The number of para-hydroxylation sites is 1. The molecule has 2 heteroatoms. The first-order valence-corrected chi connectivity index (χ1v) is 15.2. The lowest BCUT2D eigenvalue weighted by Gasteiger charge is -2.13. The smallest absolute Gasteiger partial charge is 0.142 e. The highest BCUT2D eigenvalue weighted by Gasteiger charge is 2.21. The van der Waals surface area contributed by atoms with Crippen LogP contribution in [0.5, 0.6) is 0 Å². The van der Waals surface area contributed by atoms with Crippen molar-refractivity contribution in [1.29, 1.82) is 0 Å². The minimum atomic E-state index is 0.989. The molecule has 0 N–H and O–H groups in total. The number of hydrogen-bond acceptors (Lipinski definition) is 1. The van der Waals surface area contributed by atoms with E-state index in [1.54, 1.807) is 0 Å². The monoisotopic (exact) mass is 549 g/mol. The van der Waals surface area contributed by atoms with Crippen molar-refractivity contribution in [1.82, 2.24) is 4.57 Å². The molecule has 2 aromatic heterocycles. The van der Waals surface area contributed by atoms with E-state index in [4.69, 9.17) is 4.42 Å². The Morgan fingerprint density at radius 1 is 0.628 bits per heavy atom. The summed E-state index contributed by atoms with van der Waals surface area (Å²) in [5.74, 6) is 1.01. The van der Waals surface area contributed by atoms with Crippen LogP contribution in [0, 0.1) is 6.92 Å². The maximum Gasteiger partial charge on any atom is 0.142 e. The van der Waals surface area contributed by atoms with Gasteiger partial charge in [-0.05, 0) is 93.6 Å². The van der Waals surface area contributed by atoms with E-state index in [0.29, 0.717) is 0 Å². The summed E-state index contributed by atoms with van der Waals surface area (Å²) < 4.78 is 8.86. The molecule has 0 spiro atoms. The highest BCUT2D eigenvalue weighted by molar-refractivity contribution is 6.33. The van der Waals surface area contributed by atoms with Gasteiger partial charge in [-0.25, -0.2) is 0 Å². The Balaban J connectivity index is 1.23. The van der Waals surface area contributed by atoms with Crippen molar-refractivity contribution < 1.29 is 4.42 Å². The molecule has 202 valence electrons. The largest absolute Gasteiger partial charge is 0.456 e. The lowest BCUT2D eigenvalue weighted by Crippen LogP contribution is -1.94. The number of hydrogen-bond donors (Lipinski definition) is 0. The van der Waals surface area contributed by atoms with Crippen molar-refractivity contribution in [2.75, 3.05) is 0 Å². The highest BCUT2D eigenvalue weighted by Crippen LogP contribution is 2.44. The number of aryl methyl sites for hydroxylation is 2. The van der Waals surface area contributed by atoms with Crippen molar-refractivity contribution in [2.24, 2.45) is 0 Å². The third-order valence-corrected chi connectivity index (χ3v) is 9.73. The summed E-state index contributed by atoms with van der Waals surface area (Å²) in [6, 6.07) is 40.5. The van der Waals surface area contributed by atoms with Crippen molar-refractivity contribution in [2.45, 2.75) is 19.8 Å². The Bertz CT molecular complexity index is 2590. The van der Waals surface area contributed by atoms with E-state index in [9.17, 15) is 0 Å². The second-order valence-electron chi connectivity index (χ2n) is 12.0. The highest BCUT2D eigenvalue weighted by atomic mass is 16.3. The molecule has 0 fully saturated rings. The van der Waals surface area contributed by atoms with E-state index < -0.39 is 0 Å². The molecular weight excluding hydrogens is 522 g/mol. The Hall–Kier alpha value is -5.34. The Morgan fingerprint density at radius 2 is 1.42 bits per heavy atom. The quantitative estimate of drug-likeness (QED) is 0.196. The molecule has 7 aromatic carbocycles. The molecule has 9 aromatic rings. The molecule has 1 aliphatic rings. The minimum Gasteiger partial charge on any atom is -0.456 e. The first-order valence-electron chi connectivity index (χ1n) is 15.2. The van der Waals surface area contributed by atoms with Gasteiger partial charge in [-0.2, -0.15) is 0 Å². The third kappa shape index (κ3) is 3.08. The van der Waals surface area contributed by atoms with E-state index >= 15 is 0 Å². The Morgan fingerprint density at radius 3 is 2.30 bits per heavy atom. The molecule has 10 rings (SSSR count). The van der Waals surface area contributed by atoms with Crippen LogP contribution in [0.3, 0.4) is 0 Å². The molecule has 0 bridgehead atoms. The molecular formula is C41H27NO. The maximum absolute atomic E-state index is 6.41. The number of furan rings is 1. The van der Waals surface area contributed by atoms with E-state index in [1.165, 1.54) is 76.2 Å². The fourth-order valence-corrected chi connectivity index (χ4v) is 7.82. The van der Waals surface area contributed by atoms with Crippen LogP contribution in [-0.2, 0) is 6.42 Å². The summed E-state index contributed by atoms with van der Waals surface area (Å²) in [5, 5.41) is 11.8. The van der Waals surface area contributed by atoms with Crippen LogP contribution in [0.2, 0.25) is 0 Å². The predicted molar refractivity (Wildman–Crippen MR) is 182 cm³/mol. The number of aromatic nitrogens is 1. The third-order valence-electron chi connectivity index (χ3n) is 9.73. The molecule has 0 aliphatic heterocycles. The first-order chi connectivity index (χ1) is 21.2. The summed E-state index contributed by atoms with van der Waals surface area (Å²) in [7, 11) is 0. The zero-order valence-electron chi connectivity index (χ0n) is 23.8. The normalized spacial score (nSPS) is 13.4. The van der Waals surface area contributed by atoms with Crippen molar-refractivity contribution in [3.8, 4) is 16.8 Å². The van der Waals surface area contributed by atoms with Gasteiger partial charge in [0.15, 0.2) is 0 Å². The first kappa shape index (κ1) is 23.2. The average Bonchev–Trinajstić information content (AvgIpc) is 3.60. The zero-order chi connectivity index (χ0) is 28.2. The van der Waals surface area contributed by atoms with Crippen LogP contribution in [0.15, 0.2) is 120 Å². The number of benzene rings is 7. The zero-order valence-corrected chi connectivity index (χ0v) is 23.8. The van der Waals surface area contributed by atoms with Gasteiger partial charge in [-0.15, -0.1) is 0 Å². The molecule has 0 atom stereocenters. The lowest BCUT2D eigenvalue weighted by atomic mass is 9.91. The Kier molecular flexibility index (Phi) is 4.52. The van der Waals surface area contributed by atoms with Gasteiger partial charge < -0.3 is 8.98 Å². The van der Waals surface area contributed by atoms with Crippen LogP contribution in [-0.4, -0.2) is 4.57 Å². The molecule has 2 nitrogen and oxygen atoms in total. The molecule has 0 saturated heterocycles. The fraction of sp³-hybridized carbons (Fsp3) is 0.0732. The summed E-state index contributed by atoms with van der Waals surface area (Å²) >= 11 is 0. The van der Waals surface area contributed by atoms with Crippen LogP contribution >= 0.6 is 0 Å². The van der Waals surface area contributed by atoms with Gasteiger partial charge in [0.2, 0.25) is 0 Å². The fourth-order valence-electron chi connectivity index (χ4n) is 7.82. The number of fused-ring (bicyclic) bond motifs is 7. The number of rotatable bonds is 2. The van der Waals surface area contributed by atoms with Crippen molar-refractivity contribution >= 4 is 71.2 Å². The second kappa shape index (κ2) is 8.36. The van der Waals surface area contributed by atoms with Crippen LogP contribution in [0.4, 0.5) is 0 Å². The van der Waals surface area contributed by atoms with Gasteiger partial charge in [0.05, 0.1) is 11.0 Å². The maximum atomic E-state index is 6.41. The van der Waals surface area contributed by atoms with Gasteiger partial charge in [0.25, 0.3) is 0 Å². The number of allylic oxidation sites excluding steroid dienone is 1. The van der Waals surface area contributed by atoms with Crippen LogP contribution in [0.1, 0.15) is 23.3 Å². The SMILES string of the molecule is Cc1cccc2c1c1c3ccc4cccc5ccc(cc1n2-c1ccc(-c2cccc6c7c(oc26)C=CCC7)cc1)c3c54. The molecule has 0 radical (unpaired) electrons. The molecule has 0 unspecified atom stereocenters. The minimum absolute atomic E-state index is 0.989. The Labute approximate surface area is 248 Å². The van der Waals surface area contributed by atoms with E-state index in [2.05, 4.69) is 133 Å².